The van der Waals surface area contributed by atoms with E-state index in [0.717, 1.165) is 42.9 Å². The largest absolute Gasteiger partial charge is 0.380 e. The van der Waals surface area contributed by atoms with E-state index >= 15 is 0 Å². The molecule has 3 rings (SSSR count). The van der Waals surface area contributed by atoms with Crippen LogP contribution in [-0.4, -0.2) is 24.3 Å². The number of hydrogen-bond donors (Lipinski definition) is 2. The van der Waals surface area contributed by atoms with Gasteiger partial charge in [-0.1, -0.05) is 24.8 Å². The number of nitrogens with one attached hydrogen (secondary N) is 2. The number of para-hydroxylation sites is 1. The van der Waals surface area contributed by atoms with Crippen LogP contribution in [0, 0.1) is 0 Å². The van der Waals surface area contributed by atoms with E-state index in [1.54, 1.807) is 12.4 Å². The van der Waals surface area contributed by atoms with E-state index in [-0.39, 0.29) is 6.10 Å². The van der Waals surface area contributed by atoms with Crippen LogP contribution in [0.3, 0.4) is 0 Å². The van der Waals surface area contributed by atoms with Crippen molar-refractivity contribution in [3.8, 4) is 0 Å². The monoisotopic (exact) mass is 339 g/mol. The Labute approximate surface area is 149 Å². The van der Waals surface area contributed by atoms with Crippen LogP contribution >= 0.6 is 0 Å². The molecule has 5 nitrogen and oxygen atoms in total. The number of benzene rings is 1. The van der Waals surface area contributed by atoms with Crippen molar-refractivity contribution < 1.29 is 9.57 Å². The number of pyridine rings is 1. The van der Waals surface area contributed by atoms with E-state index in [1.807, 2.05) is 36.4 Å². The van der Waals surface area contributed by atoms with Gasteiger partial charge in [-0.25, -0.2) is 0 Å². The van der Waals surface area contributed by atoms with Gasteiger partial charge < -0.3 is 10.1 Å². The van der Waals surface area contributed by atoms with Crippen molar-refractivity contribution in [1.82, 2.24) is 10.5 Å². The predicted molar refractivity (Wildman–Crippen MR) is 99.7 cm³/mol. The topological polar surface area (TPSA) is 55.4 Å². The Bertz CT molecular complexity index is 670. The quantitative estimate of drug-likeness (QED) is 0.717. The van der Waals surface area contributed by atoms with Crippen LogP contribution in [0.1, 0.15) is 30.4 Å². The number of anilines is 1. The van der Waals surface area contributed by atoms with E-state index in [4.69, 9.17) is 9.57 Å². The summed E-state index contributed by atoms with van der Waals surface area (Å²) in [5.74, 6) is 0. The highest BCUT2D eigenvalue weighted by molar-refractivity contribution is 5.73. The molecule has 0 aliphatic carbocycles. The summed E-state index contributed by atoms with van der Waals surface area (Å²) in [6.45, 7) is 6.19. The van der Waals surface area contributed by atoms with Crippen LogP contribution in [-0.2, 0) is 16.1 Å². The Balaban J connectivity index is 1.53. The zero-order valence-corrected chi connectivity index (χ0v) is 14.4. The standard InChI is InChI=1S/C20H25N3O2/c1-16(23-25-15-18-6-4-5-13-24-18)19-7-2-3-8-20(19)22-14-17-9-11-21-12-10-17/h2-3,7-12,18,22-23H,1,4-6,13-15H2. The Kier molecular flexibility index (Phi) is 6.42. The zero-order chi connectivity index (χ0) is 17.3. The van der Waals surface area contributed by atoms with Gasteiger partial charge in [-0.2, -0.15) is 0 Å². The summed E-state index contributed by atoms with van der Waals surface area (Å²) in [5, 5.41) is 3.44. The molecule has 0 radical (unpaired) electrons. The highest BCUT2D eigenvalue weighted by Gasteiger charge is 2.14. The third-order valence-corrected chi connectivity index (χ3v) is 4.22. The number of hydroxylamine groups is 1. The fourth-order valence-electron chi connectivity index (χ4n) is 2.81. The molecule has 0 spiro atoms. The van der Waals surface area contributed by atoms with Gasteiger partial charge in [-0.3, -0.25) is 15.3 Å². The van der Waals surface area contributed by atoms with Crippen molar-refractivity contribution in [3.63, 3.8) is 0 Å². The average molecular weight is 339 g/mol. The number of rotatable bonds is 8. The second-order valence-electron chi connectivity index (χ2n) is 6.13. The van der Waals surface area contributed by atoms with Crippen molar-refractivity contribution >= 4 is 11.4 Å². The lowest BCUT2D eigenvalue weighted by Gasteiger charge is -2.23. The van der Waals surface area contributed by atoms with E-state index in [1.165, 1.54) is 12.0 Å². The predicted octanol–water partition coefficient (Wildman–Crippen LogP) is 3.75. The molecule has 1 aromatic heterocycles. The molecule has 1 aliphatic rings. The van der Waals surface area contributed by atoms with Crippen molar-refractivity contribution in [2.24, 2.45) is 0 Å². The molecule has 1 aliphatic heterocycles. The molecule has 1 fully saturated rings. The molecular formula is C20H25N3O2. The minimum Gasteiger partial charge on any atom is -0.380 e. The van der Waals surface area contributed by atoms with Crippen LogP contribution in [0.5, 0.6) is 0 Å². The maximum atomic E-state index is 5.66. The molecule has 1 atom stereocenters. The Hall–Kier alpha value is -2.37. The molecule has 2 aromatic rings. The van der Waals surface area contributed by atoms with Gasteiger partial charge in [0, 0.05) is 36.8 Å². The van der Waals surface area contributed by atoms with Gasteiger partial charge in [0.25, 0.3) is 0 Å². The minimum absolute atomic E-state index is 0.175. The minimum atomic E-state index is 0.175. The molecule has 0 saturated carbocycles. The van der Waals surface area contributed by atoms with Gasteiger partial charge in [0.15, 0.2) is 0 Å². The summed E-state index contributed by atoms with van der Waals surface area (Å²) in [7, 11) is 0. The zero-order valence-electron chi connectivity index (χ0n) is 14.4. The van der Waals surface area contributed by atoms with E-state index in [2.05, 4.69) is 22.4 Å². The third-order valence-electron chi connectivity index (χ3n) is 4.22. The first kappa shape index (κ1) is 17.5. The molecule has 2 heterocycles. The number of ether oxygens (including phenoxy) is 1. The van der Waals surface area contributed by atoms with Crippen molar-refractivity contribution in [3.05, 3.63) is 66.5 Å². The molecule has 1 aromatic carbocycles. The first-order valence-electron chi connectivity index (χ1n) is 8.73. The van der Waals surface area contributed by atoms with Gasteiger partial charge in [0.05, 0.1) is 11.8 Å². The Morgan fingerprint density at radius 2 is 2.04 bits per heavy atom. The molecular weight excluding hydrogens is 314 g/mol. The van der Waals surface area contributed by atoms with Crippen LogP contribution in [0.2, 0.25) is 0 Å². The second kappa shape index (κ2) is 9.20. The van der Waals surface area contributed by atoms with Crippen LogP contribution in [0.15, 0.2) is 55.4 Å². The van der Waals surface area contributed by atoms with Gasteiger partial charge in [-0.15, -0.1) is 0 Å². The first-order valence-corrected chi connectivity index (χ1v) is 8.73. The molecule has 132 valence electrons. The Morgan fingerprint density at radius 1 is 1.20 bits per heavy atom. The summed E-state index contributed by atoms with van der Waals surface area (Å²) in [6, 6.07) is 12.0. The molecule has 5 heteroatoms. The summed E-state index contributed by atoms with van der Waals surface area (Å²) in [5.41, 5.74) is 6.86. The summed E-state index contributed by atoms with van der Waals surface area (Å²) < 4.78 is 5.66. The van der Waals surface area contributed by atoms with Crippen molar-refractivity contribution in [2.75, 3.05) is 18.5 Å². The maximum Gasteiger partial charge on any atom is 0.101 e. The first-order chi connectivity index (χ1) is 12.3. The number of nitrogens with zero attached hydrogens (tertiary/aromatic N) is 1. The normalized spacial score (nSPS) is 17.0. The van der Waals surface area contributed by atoms with E-state index < -0.39 is 0 Å². The van der Waals surface area contributed by atoms with Crippen LogP contribution in [0.4, 0.5) is 5.69 Å². The fourth-order valence-corrected chi connectivity index (χ4v) is 2.81. The highest BCUT2D eigenvalue weighted by Crippen LogP contribution is 2.22. The lowest BCUT2D eigenvalue weighted by Crippen LogP contribution is -2.27. The summed E-state index contributed by atoms with van der Waals surface area (Å²) in [6.07, 6.45) is 7.17. The molecule has 0 amide bonds. The van der Waals surface area contributed by atoms with E-state index in [0.29, 0.717) is 6.61 Å². The van der Waals surface area contributed by atoms with Gasteiger partial charge in [-0.05, 0) is 43.0 Å². The SMILES string of the molecule is C=C(NOCC1CCCCO1)c1ccccc1NCc1ccncc1. The summed E-state index contributed by atoms with van der Waals surface area (Å²) >= 11 is 0. The lowest BCUT2D eigenvalue weighted by atomic mass is 10.1. The van der Waals surface area contributed by atoms with E-state index in [9.17, 15) is 0 Å². The Morgan fingerprint density at radius 3 is 2.84 bits per heavy atom. The van der Waals surface area contributed by atoms with Crippen LogP contribution in [0.25, 0.3) is 5.70 Å². The molecule has 2 N–H and O–H groups in total. The third kappa shape index (κ3) is 5.31. The molecule has 0 bridgehead atoms. The maximum absolute atomic E-state index is 5.66. The van der Waals surface area contributed by atoms with Gasteiger partial charge >= 0.3 is 0 Å². The average Bonchev–Trinajstić information content (AvgIpc) is 2.68. The number of hydrogen-bond acceptors (Lipinski definition) is 5. The van der Waals surface area contributed by atoms with Crippen molar-refractivity contribution in [2.45, 2.75) is 31.9 Å². The summed E-state index contributed by atoms with van der Waals surface area (Å²) in [4.78, 5) is 9.64. The second-order valence-corrected chi connectivity index (χ2v) is 6.13. The lowest BCUT2D eigenvalue weighted by molar-refractivity contribution is -0.0571. The highest BCUT2D eigenvalue weighted by atomic mass is 16.7. The van der Waals surface area contributed by atoms with Gasteiger partial charge in [0.1, 0.15) is 6.61 Å². The molecule has 1 unspecified atom stereocenters. The number of aromatic nitrogens is 1. The fraction of sp³-hybridized carbons (Fsp3) is 0.350. The molecule has 25 heavy (non-hydrogen) atoms. The van der Waals surface area contributed by atoms with Crippen molar-refractivity contribution in [1.29, 1.82) is 0 Å². The molecule has 1 saturated heterocycles. The smallest absolute Gasteiger partial charge is 0.101 e. The van der Waals surface area contributed by atoms with Gasteiger partial charge in [0.2, 0.25) is 0 Å². The van der Waals surface area contributed by atoms with Crippen LogP contribution < -0.4 is 10.8 Å².